The summed E-state index contributed by atoms with van der Waals surface area (Å²) in [7, 11) is 0. The van der Waals surface area contributed by atoms with E-state index in [1.54, 1.807) is 0 Å². The van der Waals surface area contributed by atoms with Crippen LogP contribution in [0.15, 0.2) is 18.2 Å². The van der Waals surface area contributed by atoms with Crippen molar-refractivity contribution in [3.63, 3.8) is 0 Å². The maximum Gasteiger partial charge on any atom is 0.573 e. The number of hydrogen-bond acceptors (Lipinski definition) is 9. The topological polar surface area (TPSA) is 96.5 Å². The van der Waals surface area contributed by atoms with Gasteiger partial charge in [0, 0.05) is 18.8 Å². The Hall–Kier alpha value is -3.07. The Kier molecular flexibility index (Phi) is 9.20. The Bertz CT molecular complexity index is 1100. The number of benzene rings is 1. The van der Waals surface area contributed by atoms with Gasteiger partial charge in [-0.25, -0.2) is 0 Å². The van der Waals surface area contributed by atoms with Crippen LogP contribution in [0.25, 0.3) is 0 Å². The van der Waals surface area contributed by atoms with Crippen LogP contribution in [-0.2, 0) is 10.9 Å². The monoisotopic (exact) mass is 563 g/mol. The minimum Gasteiger partial charge on any atom is -0.405 e. The summed E-state index contributed by atoms with van der Waals surface area (Å²) in [6.07, 6.45) is -4.71. The maximum atomic E-state index is 13.5. The molecule has 2 aromatic rings. The highest BCUT2D eigenvalue weighted by atomic mass is 19.4. The molecule has 1 aliphatic carbocycles. The third-order valence-corrected chi connectivity index (χ3v) is 6.66. The summed E-state index contributed by atoms with van der Waals surface area (Å²) >= 11 is 0. The van der Waals surface area contributed by atoms with Crippen LogP contribution in [0.1, 0.15) is 44.6 Å². The fraction of sp³-hybridized carbons (Fsp3) is 0.625. The molecule has 3 N–H and O–H groups in total. The van der Waals surface area contributed by atoms with Crippen LogP contribution in [0.2, 0.25) is 0 Å². The lowest BCUT2D eigenvalue weighted by molar-refractivity contribution is -0.276. The van der Waals surface area contributed by atoms with Crippen LogP contribution in [0.5, 0.6) is 5.75 Å². The highest BCUT2D eigenvalue weighted by molar-refractivity contribution is 5.59. The minimum absolute atomic E-state index is 0.0775. The molecule has 0 radical (unpaired) electrons. The average molecular weight is 564 g/mol. The molecule has 1 atom stereocenters. The summed E-state index contributed by atoms with van der Waals surface area (Å²) in [6.45, 7) is 4.93. The largest absolute Gasteiger partial charge is 0.573 e. The van der Waals surface area contributed by atoms with E-state index in [0.29, 0.717) is 44.5 Å². The lowest BCUT2D eigenvalue weighted by atomic mass is 9.89. The normalized spacial score (nSPS) is 19.2. The molecule has 1 aliphatic heterocycles. The van der Waals surface area contributed by atoms with Crippen LogP contribution < -0.4 is 20.7 Å². The Labute approximate surface area is 221 Å². The van der Waals surface area contributed by atoms with Crippen molar-refractivity contribution in [3.05, 3.63) is 23.8 Å². The van der Waals surface area contributed by atoms with Gasteiger partial charge in [0.2, 0.25) is 17.8 Å². The van der Waals surface area contributed by atoms with Crippen molar-refractivity contribution in [1.82, 2.24) is 19.9 Å². The zero-order valence-electron chi connectivity index (χ0n) is 21.3. The molecule has 1 saturated carbocycles. The van der Waals surface area contributed by atoms with Crippen molar-refractivity contribution in [2.45, 2.75) is 57.6 Å². The van der Waals surface area contributed by atoms with E-state index in [4.69, 9.17) is 4.74 Å². The number of nitrogens with one attached hydrogen (secondary N) is 3. The number of nitrogens with zero attached hydrogens (tertiary/aromatic N) is 4. The SMILES string of the molecule is CCN1COCC1CNc1nc(NCC2CCCCC2)nc(Nc2ccc(OC(F)(F)F)c(C(F)(F)F)c2)n1. The zero-order chi connectivity index (χ0) is 28.0. The molecule has 0 bridgehead atoms. The molecule has 9 nitrogen and oxygen atoms in total. The number of likely N-dealkylation sites (N-methyl/N-ethyl adjacent to an activating group) is 1. The standard InChI is InChI=1S/C24H31F6N7O2/c1-2-37-14-38-13-17(37)12-32-21-34-20(31-11-15-6-4-3-5-7-15)35-22(36-21)33-16-8-9-19(39-24(28,29)30)18(10-16)23(25,26)27/h8-10,15,17H,2-7,11-14H2,1H3,(H3,31,32,33,34,35,36). The van der Waals surface area contributed by atoms with Crippen LogP contribution in [0.4, 0.5) is 49.9 Å². The van der Waals surface area contributed by atoms with Gasteiger partial charge in [0.05, 0.1) is 24.9 Å². The molecule has 15 heteroatoms. The molecule has 0 spiro atoms. The molecule has 1 unspecified atom stereocenters. The van der Waals surface area contributed by atoms with Gasteiger partial charge >= 0.3 is 12.5 Å². The first-order valence-electron chi connectivity index (χ1n) is 12.8. The first-order chi connectivity index (χ1) is 18.5. The lowest BCUT2D eigenvalue weighted by Gasteiger charge is -2.22. The van der Waals surface area contributed by atoms with Gasteiger partial charge in [0.1, 0.15) is 5.75 Å². The second-order valence-corrected chi connectivity index (χ2v) is 9.51. The number of halogens is 6. The Morgan fingerprint density at radius 2 is 1.62 bits per heavy atom. The van der Waals surface area contributed by atoms with Gasteiger partial charge in [-0.15, -0.1) is 13.2 Å². The Balaban J connectivity index is 1.55. The first-order valence-corrected chi connectivity index (χ1v) is 12.8. The van der Waals surface area contributed by atoms with Crippen LogP contribution >= 0.6 is 0 Å². The quantitative estimate of drug-likeness (QED) is 0.319. The molecule has 0 amide bonds. The summed E-state index contributed by atoms with van der Waals surface area (Å²) in [4.78, 5) is 15.1. The molecule has 2 heterocycles. The van der Waals surface area contributed by atoms with Crippen LogP contribution in [0, 0.1) is 5.92 Å². The fourth-order valence-corrected chi connectivity index (χ4v) is 4.65. The second kappa shape index (κ2) is 12.4. The number of ether oxygens (including phenoxy) is 2. The van der Waals surface area contributed by atoms with E-state index in [-0.39, 0.29) is 29.6 Å². The third kappa shape index (κ3) is 8.46. The van der Waals surface area contributed by atoms with Crippen molar-refractivity contribution < 1.29 is 35.8 Å². The van der Waals surface area contributed by atoms with Gasteiger partial charge in [-0.2, -0.15) is 28.1 Å². The highest BCUT2D eigenvalue weighted by Gasteiger charge is 2.39. The number of anilines is 4. The van der Waals surface area contributed by atoms with Gasteiger partial charge in [-0.1, -0.05) is 26.2 Å². The average Bonchev–Trinajstić information content (AvgIpc) is 3.34. The molecular formula is C24H31F6N7O2. The first kappa shape index (κ1) is 28.9. The molecule has 216 valence electrons. The smallest absolute Gasteiger partial charge is 0.405 e. The molecule has 39 heavy (non-hydrogen) atoms. The van der Waals surface area contributed by atoms with Crippen molar-refractivity contribution >= 4 is 23.5 Å². The Morgan fingerprint density at radius 1 is 0.949 bits per heavy atom. The van der Waals surface area contributed by atoms with Crippen LogP contribution in [-0.4, -0.2) is 65.2 Å². The van der Waals surface area contributed by atoms with E-state index in [9.17, 15) is 26.3 Å². The zero-order valence-corrected chi connectivity index (χ0v) is 21.3. The van der Waals surface area contributed by atoms with Gasteiger partial charge in [0.25, 0.3) is 0 Å². The van der Waals surface area contributed by atoms with E-state index >= 15 is 0 Å². The van der Waals surface area contributed by atoms with Crippen molar-refractivity contribution in [1.29, 1.82) is 0 Å². The lowest BCUT2D eigenvalue weighted by Crippen LogP contribution is -2.36. The predicted octanol–water partition coefficient (Wildman–Crippen LogP) is 5.61. The Morgan fingerprint density at radius 3 is 2.26 bits per heavy atom. The minimum atomic E-state index is -5.28. The molecule has 2 fully saturated rings. The number of hydrogen-bond donors (Lipinski definition) is 3. The number of aromatic nitrogens is 3. The third-order valence-electron chi connectivity index (χ3n) is 6.66. The maximum absolute atomic E-state index is 13.5. The number of rotatable bonds is 10. The van der Waals surface area contributed by atoms with E-state index in [1.165, 1.54) is 6.42 Å². The molecule has 2 aliphatic rings. The molecule has 1 aromatic heterocycles. The van der Waals surface area contributed by atoms with Gasteiger partial charge in [0.15, 0.2) is 0 Å². The molecule has 4 rings (SSSR count). The van der Waals surface area contributed by atoms with Gasteiger partial charge in [-0.05, 0) is 43.5 Å². The summed E-state index contributed by atoms with van der Waals surface area (Å²) in [5, 5.41) is 8.99. The molecule has 1 aromatic carbocycles. The second-order valence-electron chi connectivity index (χ2n) is 9.51. The van der Waals surface area contributed by atoms with E-state index in [2.05, 4.69) is 40.5 Å². The number of alkyl halides is 6. The van der Waals surface area contributed by atoms with E-state index in [0.717, 1.165) is 38.3 Å². The summed E-state index contributed by atoms with van der Waals surface area (Å²) in [5.41, 5.74) is -1.76. The van der Waals surface area contributed by atoms with Crippen molar-refractivity contribution in [3.8, 4) is 5.75 Å². The molecule has 1 saturated heterocycles. The van der Waals surface area contributed by atoms with Crippen molar-refractivity contribution in [2.24, 2.45) is 5.92 Å². The summed E-state index contributed by atoms with van der Waals surface area (Å²) in [5.74, 6) is -0.565. The summed E-state index contributed by atoms with van der Waals surface area (Å²) < 4.78 is 87.5. The highest BCUT2D eigenvalue weighted by Crippen LogP contribution is 2.40. The van der Waals surface area contributed by atoms with E-state index < -0.39 is 23.9 Å². The molecular weight excluding hydrogens is 532 g/mol. The van der Waals surface area contributed by atoms with Gasteiger partial charge < -0.3 is 25.4 Å². The van der Waals surface area contributed by atoms with Crippen LogP contribution in [0.3, 0.4) is 0 Å². The van der Waals surface area contributed by atoms with Gasteiger partial charge in [-0.3, -0.25) is 4.90 Å². The van der Waals surface area contributed by atoms with E-state index in [1.807, 2.05) is 6.92 Å². The predicted molar refractivity (Wildman–Crippen MR) is 132 cm³/mol. The van der Waals surface area contributed by atoms with Crippen molar-refractivity contribution in [2.75, 3.05) is 48.9 Å². The fourth-order valence-electron chi connectivity index (χ4n) is 4.65. The summed E-state index contributed by atoms with van der Waals surface area (Å²) in [6, 6.07) is 2.22.